The van der Waals surface area contributed by atoms with Gasteiger partial charge in [0.2, 0.25) is 0 Å². The number of rotatable bonds is 5. The van der Waals surface area contributed by atoms with Crippen LogP contribution in [0.3, 0.4) is 0 Å². The summed E-state index contributed by atoms with van der Waals surface area (Å²) in [5.74, 6) is -0.192. The number of nitrogens with one attached hydrogen (secondary N) is 1. The molecule has 0 aromatic rings. The number of amides is 2. The van der Waals surface area contributed by atoms with Gasteiger partial charge in [0.15, 0.2) is 0 Å². The van der Waals surface area contributed by atoms with Gasteiger partial charge in [0.25, 0.3) is 0 Å². The zero-order chi connectivity index (χ0) is 14.8. The van der Waals surface area contributed by atoms with Crippen molar-refractivity contribution in [2.24, 2.45) is 5.92 Å². The molecule has 1 saturated carbocycles. The standard InChI is InChI=1S/C15H26N2O3/c1-15(2,11-6-7-11)16-14(20)17-10-4-3-5-12(17)8-9-13(18)19/h11-12H,3-10H2,1-2H3,(H,16,20)(H,18,19). The Labute approximate surface area is 120 Å². The minimum Gasteiger partial charge on any atom is -0.481 e. The topological polar surface area (TPSA) is 69.6 Å². The van der Waals surface area contributed by atoms with Crippen LogP contribution in [0, 0.1) is 5.92 Å². The zero-order valence-corrected chi connectivity index (χ0v) is 12.5. The molecule has 5 heteroatoms. The first-order valence-corrected chi connectivity index (χ1v) is 7.71. The van der Waals surface area contributed by atoms with Crippen LogP contribution in [0.5, 0.6) is 0 Å². The molecule has 0 spiro atoms. The quantitative estimate of drug-likeness (QED) is 0.814. The van der Waals surface area contributed by atoms with Crippen molar-refractivity contribution < 1.29 is 14.7 Å². The van der Waals surface area contributed by atoms with E-state index in [4.69, 9.17) is 5.11 Å². The van der Waals surface area contributed by atoms with E-state index >= 15 is 0 Å². The van der Waals surface area contributed by atoms with Gasteiger partial charge in [-0.1, -0.05) is 0 Å². The highest BCUT2D eigenvalue weighted by Gasteiger charge is 2.40. The molecule has 2 fully saturated rings. The van der Waals surface area contributed by atoms with Crippen molar-refractivity contribution in [3.63, 3.8) is 0 Å². The number of urea groups is 1. The van der Waals surface area contributed by atoms with Crippen molar-refractivity contribution in [2.75, 3.05) is 6.54 Å². The second kappa shape index (κ2) is 6.02. The van der Waals surface area contributed by atoms with Gasteiger partial charge in [0.1, 0.15) is 0 Å². The van der Waals surface area contributed by atoms with E-state index in [1.165, 1.54) is 12.8 Å². The van der Waals surface area contributed by atoms with Gasteiger partial charge < -0.3 is 15.3 Å². The Balaban J connectivity index is 1.92. The molecule has 0 bridgehead atoms. The first kappa shape index (κ1) is 15.1. The average molecular weight is 282 g/mol. The van der Waals surface area contributed by atoms with Crippen LogP contribution in [0.4, 0.5) is 4.79 Å². The second-order valence-corrected chi connectivity index (χ2v) is 6.70. The lowest BCUT2D eigenvalue weighted by molar-refractivity contribution is -0.137. The van der Waals surface area contributed by atoms with Crippen molar-refractivity contribution in [3.8, 4) is 0 Å². The van der Waals surface area contributed by atoms with Crippen molar-refractivity contribution in [3.05, 3.63) is 0 Å². The van der Waals surface area contributed by atoms with Crippen LogP contribution in [-0.4, -0.2) is 40.1 Å². The van der Waals surface area contributed by atoms with Gasteiger partial charge in [-0.2, -0.15) is 0 Å². The van der Waals surface area contributed by atoms with Crippen LogP contribution in [0.25, 0.3) is 0 Å². The summed E-state index contributed by atoms with van der Waals surface area (Å²) in [6.07, 6.45) is 6.10. The molecule has 0 aromatic heterocycles. The minimum atomic E-state index is -0.783. The molecule has 1 aliphatic heterocycles. The predicted octanol–water partition coefficient (Wildman–Crippen LogP) is 2.60. The fraction of sp³-hybridized carbons (Fsp3) is 0.867. The predicted molar refractivity (Wildman–Crippen MR) is 76.5 cm³/mol. The summed E-state index contributed by atoms with van der Waals surface area (Å²) in [6, 6.07) is 0.0619. The third kappa shape index (κ3) is 3.87. The Hall–Kier alpha value is -1.26. The van der Waals surface area contributed by atoms with E-state index < -0.39 is 5.97 Å². The van der Waals surface area contributed by atoms with Crippen LogP contribution < -0.4 is 5.32 Å². The fourth-order valence-electron chi connectivity index (χ4n) is 3.11. The number of carbonyl (C=O) groups excluding carboxylic acids is 1. The summed E-state index contributed by atoms with van der Waals surface area (Å²) in [6.45, 7) is 4.91. The average Bonchev–Trinajstić information content (AvgIpc) is 3.20. The second-order valence-electron chi connectivity index (χ2n) is 6.70. The third-order valence-electron chi connectivity index (χ3n) is 4.61. The molecule has 2 amide bonds. The molecule has 5 nitrogen and oxygen atoms in total. The van der Waals surface area contributed by atoms with Gasteiger partial charge >= 0.3 is 12.0 Å². The molecule has 2 N–H and O–H groups in total. The molecule has 1 atom stereocenters. The highest BCUT2D eigenvalue weighted by molar-refractivity contribution is 5.75. The summed E-state index contributed by atoms with van der Waals surface area (Å²) in [5, 5.41) is 12.0. The molecule has 1 unspecified atom stereocenters. The minimum absolute atomic E-state index is 0.0167. The molecule has 114 valence electrons. The first-order chi connectivity index (χ1) is 9.40. The van der Waals surface area contributed by atoms with Gasteiger partial charge in [0, 0.05) is 24.5 Å². The fourth-order valence-corrected chi connectivity index (χ4v) is 3.11. The molecular weight excluding hydrogens is 256 g/mol. The molecule has 20 heavy (non-hydrogen) atoms. The first-order valence-electron chi connectivity index (χ1n) is 7.71. The molecule has 0 aromatic carbocycles. The van der Waals surface area contributed by atoms with Crippen molar-refractivity contribution >= 4 is 12.0 Å². The normalized spacial score (nSPS) is 23.5. The van der Waals surface area contributed by atoms with Crippen LogP contribution >= 0.6 is 0 Å². The Bertz CT molecular complexity index is 377. The zero-order valence-electron chi connectivity index (χ0n) is 12.5. The van der Waals surface area contributed by atoms with Crippen molar-refractivity contribution in [2.45, 2.75) is 70.4 Å². The largest absolute Gasteiger partial charge is 0.481 e. The maximum Gasteiger partial charge on any atom is 0.318 e. The number of likely N-dealkylation sites (tertiary alicyclic amines) is 1. The maximum atomic E-state index is 12.5. The lowest BCUT2D eigenvalue weighted by Crippen LogP contribution is -2.55. The molecule has 2 rings (SSSR count). The van der Waals surface area contributed by atoms with Crippen molar-refractivity contribution in [1.29, 1.82) is 0 Å². The summed E-state index contributed by atoms with van der Waals surface area (Å²) >= 11 is 0. The van der Waals surface area contributed by atoms with Crippen LogP contribution in [0.1, 0.15) is 58.8 Å². The van der Waals surface area contributed by atoms with E-state index in [2.05, 4.69) is 19.2 Å². The lowest BCUT2D eigenvalue weighted by atomic mass is 9.97. The number of carboxylic acid groups (broad SMARTS) is 1. The highest BCUT2D eigenvalue weighted by Crippen LogP contribution is 2.39. The maximum absolute atomic E-state index is 12.5. The summed E-state index contributed by atoms with van der Waals surface area (Å²) in [4.78, 5) is 25.1. The number of carboxylic acids is 1. The summed E-state index contributed by atoms with van der Waals surface area (Å²) in [5.41, 5.74) is -0.147. The molecule has 1 saturated heterocycles. The Morgan fingerprint density at radius 3 is 2.55 bits per heavy atom. The SMILES string of the molecule is CC(C)(NC(=O)N1CCCCC1CCC(=O)O)C1CC1. The number of carbonyl (C=O) groups is 2. The van der Waals surface area contributed by atoms with Gasteiger partial charge in [-0.15, -0.1) is 0 Å². The number of piperidine rings is 1. The molecular formula is C15H26N2O3. The molecule has 1 aliphatic carbocycles. The van der Waals surface area contributed by atoms with E-state index in [1.807, 2.05) is 4.90 Å². The summed E-state index contributed by atoms with van der Waals surface area (Å²) < 4.78 is 0. The Kier molecular flexibility index (Phi) is 4.55. The van der Waals surface area contributed by atoms with E-state index in [0.717, 1.165) is 25.8 Å². The number of hydrogen-bond acceptors (Lipinski definition) is 2. The van der Waals surface area contributed by atoms with Gasteiger partial charge in [-0.3, -0.25) is 4.79 Å². The third-order valence-corrected chi connectivity index (χ3v) is 4.61. The smallest absolute Gasteiger partial charge is 0.318 e. The molecule has 1 heterocycles. The van der Waals surface area contributed by atoms with E-state index in [0.29, 0.717) is 12.3 Å². The van der Waals surface area contributed by atoms with E-state index in [-0.39, 0.29) is 24.0 Å². The van der Waals surface area contributed by atoms with Gasteiger partial charge in [-0.05, 0) is 58.3 Å². The van der Waals surface area contributed by atoms with Crippen LogP contribution in [-0.2, 0) is 4.79 Å². The van der Waals surface area contributed by atoms with Crippen LogP contribution in [0.15, 0.2) is 0 Å². The molecule has 0 radical (unpaired) electrons. The van der Waals surface area contributed by atoms with Crippen molar-refractivity contribution in [1.82, 2.24) is 10.2 Å². The van der Waals surface area contributed by atoms with E-state index in [1.54, 1.807) is 0 Å². The van der Waals surface area contributed by atoms with Crippen LogP contribution in [0.2, 0.25) is 0 Å². The van der Waals surface area contributed by atoms with E-state index in [9.17, 15) is 9.59 Å². The monoisotopic (exact) mass is 282 g/mol. The Morgan fingerprint density at radius 2 is 1.95 bits per heavy atom. The number of hydrogen-bond donors (Lipinski definition) is 2. The molecule has 2 aliphatic rings. The van der Waals surface area contributed by atoms with Gasteiger partial charge in [0.05, 0.1) is 0 Å². The Morgan fingerprint density at radius 1 is 1.25 bits per heavy atom. The number of nitrogens with zero attached hydrogens (tertiary/aromatic N) is 1. The number of aliphatic carboxylic acids is 1. The van der Waals surface area contributed by atoms with Gasteiger partial charge in [-0.25, -0.2) is 4.79 Å². The summed E-state index contributed by atoms with van der Waals surface area (Å²) in [7, 11) is 0. The lowest BCUT2D eigenvalue weighted by Gasteiger charge is -2.38. The highest BCUT2D eigenvalue weighted by atomic mass is 16.4.